The molecule has 1 atom stereocenters. The van der Waals surface area contributed by atoms with E-state index in [0.717, 1.165) is 42.8 Å². The molecule has 0 radical (unpaired) electrons. The second-order valence-corrected chi connectivity index (χ2v) is 5.99. The maximum absolute atomic E-state index is 4.66. The summed E-state index contributed by atoms with van der Waals surface area (Å²) in [6.45, 7) is 11.9. The van der Waals surface area contributed by atoms with Gasteiger partial charge in [-0.15, -0.1) is 0 Å². The zero-order chi connectivity index (χ0) is 14.5. The number of nitrogens with zero attached hydrogens (tertiary/aromatic N) is 3. The van der Waals surface area contributed by atoms with Crippen LogP contribution in [0.3, 0.4) is 0 Å². The maximum atomic E-state index is 4.66. The number of nitrogens with one attached hydrogen (secondary N) is 1. The zero-order valence-electron chi connectivity index (χ0n) is 13.3. The van der Waals surface area contributed by atoms with Crippen LogP contribution < -0.4 is 10.2 Å². The molecule has 1 aliphatic rings. The highest BCUT2D eigenvalue weighted by atomic mass is 15.2. The van der Waals surface area contributed by atoms with Crippen LogP contribution in [0.2, 0.25) is 0 Å². The molecule has 0 saturated carbocycles. The summed E-state index contributed by atoms with van der Waals surface area (Å²) in [6.07, 6.45) is 5.55. The van der Waals surface area contributed by atoms with Gasteiger partial charge < -0.3 is 10.2 Å². The normalized spacial score (nSPS) is 18.3. The molecule has 1 unspecified atom stereocenters. The highest BCUT2D eigenvalue weighted by Gasteiger charge is 2.25. The fraction of sp³-hybridized carbons (Fsp3) is 0.750. The summed E-state index contributed by atoms with van der Waals surface area (Å²) in [5.41, 5.74) is 2.05. The average Bonchev–Trinajstić information content (AvgIpc) is 2.47. The van der Waals surface area contributed by atoms with Gasteiger partial charge in [-0.25, -0.2) is 4.98 Å². The number of piperidine rings is 1. The van der Waals surface area contributed by atoms with Crippen LogP contribution in [0.1, 0.15) is 44.5 Å². The summed E-state index contributed by atoms with van der Waals surface area (Å²) in [6, 6.07) is 0.627. The van der Waals surface area contributed by atoms with E-state index in [1.54, 1.807) is 0 Å². The Bertz CT molecular complexity index is 424. The lowest BCUT2D eigenvalue weighted by Crippen LogP contribution is -2.42. The van der Waals surface area contributed by atoms with Crippen LogP contribution in [0.4, 0.5) is 5.82 Å². The molecule has 0 amide bonds. The van der Waals surface area contributed by atoms with E-state index in [4.69, 9.17) is 0 Å². The first-order valence-electron chi connectivity index (χ1n) is 7.90. The molecule has 1 fully saturated rings. The molecule has 20 heavy (non-hydrogen) atoms. The molecular formula is C16H28N4. The van der Waals surface area contributed by atoms with Gasteiger partial charge in [-0.2, -0.15) is 0 Å². The number of aromatic nitrogens is 2. The number of anilines is 1. The number of rotatable bonds is 5. The van der Waals surface area contributed by atoms with Crippen molar-refractivity contribution >= 4 is 5.82 Å². The fourth-order valence-electron chi connectivity index (χ4n) is 2.97. The molecular weight excluding hydrogens is 248 g/mol. The van der Waals surface area contributed by atoms with Gasteiger partial charge in [-0.05, 0) is 52.5 Å². The monoisotopic (exact) mass is 276 g/mol. The van der Waals surface area contributed by atoms with E-state index in [1.807, 2.05) is 13.1 Å². The minimum Gasteiger partial charge on any atom is -0.355 e. The van der Waals surface area contributed by atoms with Gasteiger partial charge in [0.05, 0.1) is 11.4 Å². The van der Waals surface area contributed by atoms with Crippen LogP contribution in [0.15, 0.2) is 6.20 Å². The van der Waals surface area contributed by atoms with Crippen LogP contribution in [-0.2, 0) is 0 Å². The second-order valence-electron chi connectivity index (χ2n) is 5.99. The highest BCUT2D eigenvalue weighted by molar-refractivity contribution is 5.43. The van der Waals surface area contributed by atoms with E-state index in [-0.39, 0.29) is 0 Å². The molecule has 1 aliphatic heterocycles. The molecule has 1 saturated heterocycles. The van der Waals surface area contributed by atoms with Gasteiger partial charge in [0, 0.05) is 25.3 Å². The van der Waals surface area contributed by atoms with Gasteiger partial charge in [-0.3, -0.25) is 4.98 Å². The van der Waals surface area contributed by atoms with E-state index in [9.17, 15) is 0 Å². The van der Waals surface area contributed by atoms with Gasteiger partial charge in [0.2, 0.25) is 0 Å². The third-order valence-electron chi connectivity index (χ3n) is 4.31. The van der Waals surface area contributed by atoms with Crippen molar-refractivity contribution in [3.05, 3.63) is 17.6 Å². The first-order chi connectivity index (χ1) is 9.61. The molecule has 1 aromatic heterocycles. The first kappa shape index (κ1) is 15.2. The summed E-state index contributed by atoms with van der Waals surface area (Å²) in [5, 5.41) is 3.63. The molecule has 1 N–H and O–H groups in total. The molecule has 0 aromatic carbocycles. The summed E-state index contributed by atoms with van der Waals surface area (Å²) in [5.74, 6) is 1.87. The second kappa shape index (κ2) is 7.02. The SMILES string of the molecule is CCCNC(C)C1CCN(c2nc(C)cnc2C)CC1. The Morgan fingerprint density at radius 1 is 1.35 bits per heavy atom. The van der Waals surface area contributed by atoms with Crippen LogP contribution in [-0.4, -0.2) is 35.6 Å². The summed E-state index contributed by atoms with van der Waals surface area (Å²) in [7, 11) is 0. The van der Waals surface area contributed by atoms with Crippen molar-refractivity contribution in [2.75, 3.05) is 24.5 Å². The average molecular weight is 276 g/mol. The minimum absolute atomic E-state index is 0.627. The van der Waals surface area contributed by atoms with Gasteiger partial charge in [0.1, 0.15) is 5.82 Å². The van der Waals surface area contributed by atoms with Crippen molar-refractivity contribution < 1.29 is 0 Å². The summed E-state index contributed by atoms with van der Waals surface area (Å²) < 4.78 is 0. The van der Waals surface area contributed by atoms with E-state index in [0.29, 0.717) is 6.04 Å². The molecule has 1 aromatic rings. The number of aryl methyl sites for hydroxylation is 2. The van der Waals surface area contributed by atoms with Crippen molar-refractivity contribution in [2.45, 2.75) is 53.0 Å². The summed E-state index contributed by atoms with van der Waals surface area (Å²) >= 11 is 0. The lowest BCUT2D eigenvalue weighted by Gasteiger charge is -2.36. The predicted octanol–water partition coefficient (Wildman–Crippen LogP) is 2.70. The molecule has 0 spiro atoms. The number of hydrogen-bond donors (Lipinski definition) is 1. The highest BCUT2D eigenvalue weighted by Crippen LogP contribution is 2.25. The topological polar surface area (TPSA) is 41.0 Å². The van der Waals surface area contributed by atoms with Crippen molar-refractivity contribution in [3.8, 4) is 0 Å². The Morgan fingerprint density at radius 2 is 2.05 bits per heavy atom. The van der Waals surface area contributed by atoms with Crippen LogP contribution in [0.25, 0.3) is 0 Å². The smallest absolute Gasteiger partial charge is 0.150 e. The van der Waals surface area contributed by atoms with Gasteiger partial charge in [0.25, 0.3) is 0 Å². The molecule has 4 nitrogen and oxygen atoms in total. The largest absolute Gasteiger partial charge is 0.355 e. The van der Waals surface area contributed by atoms with Gasteiger partial charge in [0.15, 0.2) is 0 Å². The Labute approximate surface area is 123 Å². The van der Waals surface area contributed by atoms with Crippen LogP contribution in [0, 0.1) is 19.8 Å². The van der Waals surface area contributed by atoms with Crippen molar-refractivity contribution in [3.63, 3.8) is 0 Å². The van der Waals surface area contributed by atoms with E-state index >= 15 is 0 Å². The Kier molecular flexibility index (Phi) is 5.35. The molecule has 0 bridgehead atoms. The van der Waals surface area contributed by atoms with Crippen molar-refractivity contribution in [2.24, 2.45) is 5.92 Å². The third-order valence-corrected chi connectivity index (χ3v) is 4.31. The van der Waals surface area contributed by atoms with E-state index in [2.05, 4.69) is 41.0 Å². The quantitative estimate of drug-likeness (QED) is 0.898. The van der Waals surface area contributed by atoms with E-state index in [1.165, 1.54) is 19.3 Å². The molecule has 0 aliphatic carbocycles. The van der Waals surface area contributed by atoms with Crippen LogP contribution in [0.5, 0.6) is 0 Å². The standard InChI is InChI=1S/C16H28N4/c1-5-8-17-13(3)15-6-9-20(10-7-15)16-14(4)18-11-12(2)19-16/h11,13,15,17H,5-10H2,1-4H3. The van der Waals surface area contributed by atoms with E-state index < -0.39 is 0 Å². The molecule has 2 heterocycles. The molecule has 4 heteroatoms. The Morgan fingerprint density at radius 3 is 2.70 bits per heavy atom. The zero-order valence-corrected chi connectivity index (χ0v) is 13.3. The third kappa shape index (κ3) is 3.69. The van der Waals surface area contributed by atoms with Crippen molar-refractivity contribution in [1.29, 1.82) is 0 Å². The summed E-state index contributed by atoms with van der Waals surface area (Å²) in [4.78, 5) is 11.5. The minimum atomic E-state index is 0.627. The lowest BCUT2D eigenvalue weighted by molar-refractivity contribution is 0.310. The Balaban J connectivity index is 1.92. The fourth-order valence-corrected chi connectivity index (χ4v) is 2.97. The maximum Gasteiger partial charge on any atom is 0.150 e. The molecule has 2 rings (SSSR count). The van der Waals surface area contributed by atoms with Gasteiger partial charge >= 0.3 is 0 Å². The van der Waals surface area contributed by atoms with Crippen molar-refractivity contribution in [1.82, 2.24) is 15.3 Å². The van der Waals surface area contributed by atoms with Crippen LogP contribution >= 0.6 is 0 Å². The molecule has 112 valence electrons. The number of hydrogen-bond acceptors (Lipinski definition) is 4. The Hall–Kier alpha value is -1.16. The lowest BCUT2D eigenvalue weighted by atomic mass is 9.90. The predicted molar refractivity (Wildman–Crippen MR) is 84.2 cm³/mol. The van der Waals surface area contributed by atoms with Gasteiger partial charge in [-0.1, -0.05) is 6.92 Å². The first-order valence-corrected chi connectivity index (χ1v) is 7.90.